The summed E-state index contributed by atoms with van der Waals surface area (Å²) in [4.78, 5) is 39.0. The van der Waals surface area contributed by atoms with Crippen LogP contribution in [0.3, 0.4) is 0 Å². The lowest BCUT2D eigenvalue weighted by Crippen LogP contribution is -2.41. The molecule has 3 aliphatic rings. The summed E-state index contributed by atoms with van der Waals surface area (Å²) >= 11 is 0. The SMILES string of the molecule is CC(=O)NC[C@H]1[C@H]2CN(C(=O)c3nn(C)c(=O)c4ccccc34)C[C@]23CC[C@H]1O3. The molecule has 5 rings (SSSR count). The fraction of sp³-hybridized carbons (Fsp3) is 0.524. The first kappa shape index (κ1) is 18.3. The molecule has 0 saturated carbocycles. The van der Waals surface area contributed by atoms with Gasteiger partial charge in [-0.1, -0.05) is 18.2 Å². The largest absolute Gasteiger partial charge is 0.369 e. The minimum Gasteiger partial charge on any atom is -0.369 e. The summed E-state index contributed by atoms with van der Waals surface area (Å²) in [6.45, 7) is 3.21. The molecule has 3 saturated heterocycles. The zero-order chi connectivity index (χ0) is 20.3. The highest BCUT2D eigenvalue weighted by Gasteiger charge is 2.63. The number of rotatable bonds is 3. The maximum atomic E-state index is 13.4. The van der Waals surface area contributed by atoms with Crippen molar-refractivity contribution in [3.8, 4) is 0 Å². The molecule has 2 bridgehead atoms. The standard InChI is InChI=1S/C21H24N4O4/c1-12(26)22-9-15-16-10-25(11-21(16)8-7-17(15)29-21)20(28)18-13-5-3-4-6-14(13)19(27)24(2)23-18/h3-6,15-17H,7-11H2,1-2H3,(H,22,26)/t15-,16+,17+,21+/m0/s1. The molecule has 1 aromatic heterocycles. The maximum absolute atomic E-state index is 13.4. The van der Waals surface area contributed by atoms with Gasteiger partial charge in [0.25, 0.3) is 11.5 Å². The predicted octanol–water partition coefficient (Wildman–Crippen LogP) is 0.689. The Bertz CT molecular complexity index is 1080. The molecule has 29 heavy (non-hydrogen) atoms. The molecule has 0 radical (unpaired) electrons. The van der Waals surface area contributed by atoms with Crippen LogP contribution in [0.1, 0.15) is 30.3 Å². The Labute approximate surface area is 167 Å². The van der Waals surface area contributed by atoms with E-state index in [-0.39, 0.29) is 40.9 Å². The van der Waals surface area contributed by atoms with Crippen molar-refractivity contribution in [2.45, 2.75) is 31.5 Å². The number of aromatic nitrogens is 2. The van der Waals surface area contributed by atoms with Gasteiger partial charge in [0.05, 0.1) is 23.6 Å². The molecule has 8 heteroatoms. The third-order valence-corrected chi connectivity index (χ3v) is 6.82. The van der Waals surface area contributed by atoms with E-state index in [1.807, 2.05) is 11.0 Å². The van der Waals surface area contributed by atoms with E-state index in [4.69, 9.17) is 4.74 Å². The molecule has 2 amide bonds. The Hall–Kier alpha value is -2.74. The van der Waals surface area contributed by atoms with Gasteiger partial charge in [-0.05, 0) is 18.9 Å². The molecular formula is C21H24N4O4. The zero-order valence-electron chi connectivity index (χ0n) is 16.6. The minimum atomic E-state index is -0.320. The van der Waals surface area contributed by atoms with E-state index in [0.717, 1.165) is 12.8 Å². The van der Waals surface area contributed by atoms with Crippen molar-refractivity contribution in [2.24, 2.45) is 18.9 Å². The van der Waals surface area contributed by atoms with Crippen LogP contribution in [0.2, 0.25) is 0 Å². The topological polar surface area (TPSA) is 93.5 Å². The number of likely N-dealkylation sites (tertiary alicyclic amines) is 1. The second-order valence-corrected chi connectivity index (χ2v) is 8.48. The number of nitrogens with zero attached hydrogens (tertiary/aromatic N) is 3. The van der Waals surface area contributed by atoms with E-state index < -0.39 is 0 Å². The Morgan fingerprint density at radius 2 is 2.07 bits per heavy atom. The summed E-state index contributed by atoms with van der Waals surface area (Å²) in [7, 11) is 1.57. The Kier molecular flexibility index (Phi) is 4.03. The molecule has 4 atom stereocenters. The molecule has 1 spiro atoms. The van der Waals surface area contributed by atoms with Gasteiger partial charge in [-0.2, -0.15) is 5.10 Å². The van der Waals surface area contributed by atoms with Crippen LogP contribution >= 0.6 is 0 Å². The molecule has 8 nitrogen and oxygen atoms in total. The number of carbonyl (C=O) groups excluding carboxylic acids is 2. The van der Waals surface area contributed by atoms with Crippen LogP contribution in [-0.2, 0) is 16.6 Å². The van der Waals surface area contributed by atoms with Crippen LogP contribution in [0.4, 0.5) is 0 Å². The number of aryl methyl sites for hydroxylation is 1. The Morgan fingerprint density at radius 1 is 1.31 bits per heavy atom. The molecule has 3 fully saturated rings. The molecule has 2 aromatic rings. The van der Waals surface area contributed by atoms with Crippen LogP contribution in [0, 0.1) is 11.8 Å². The molecule has 1 N–H and O–H groups in total. The van der Waals surface area contributed by atoms with E-state index in [2.05, 4.69) is 10.4 Å². The van der Waals surface area contributed by atoms with Crippen LogP contribution in [-0.4, -0.2) is 57.8 Å². The third kappa shape index (κ3) is 2.69. The van der Waals surface area contributed by atoms with Crippen LogP contribution in [0.5, 0.6) is 0 Å². The molecule has 0 aliphatic carbocycles. The lowest BCUT2D eigenvalue weighted by molar-refractivity contribution is -0.119. The number of amides is 2. The van der Waals surface area contributed by atoms with E-state index in [1.165, 1.54) is 11.6 Å². The Morgan fingerprint density at radius 3 is 2.83 bits per heavy atom. The van der Waals surface area contributed by atoms with Crippen molar-refractivity contribution in [3.05, 3.63) is 40.3 Å². The summed E-state index contributed by atoms with van der Waals surface area (Å²) in [5.74, 6) is 0.200. The maximum Gasteiger partial charge on any atom is 0.275 e. The second kappa shape index (κ2) is 6.38. The fourth-order valence-corrected chi connectivity index (χ4v) is 5.49. The summed E-state index contributed by atoms with van der Waals surface area (Å²) in [6.07, 6.45) is 2.05. The first-order valence-electron chi connectivity index (χ1n) is 10.1. The molecule has 1 aromatic carbocycles. The zero-order valence-corrected chi connectivity index (χ0v) is 16.6. The number of hydrogen-bond acceptors (Lipinski definition) is 5. The number of nitrogens with one attached hydrogen (secondary N) is 1. The first-order chi connectivity index (χ1) is 13.9. The average Bonchev–Trinajstić information content (AvgIpc) is 3.37. The summed E-state index contributed by atoms with van der Waals surface area (Å²) < 4.78 is 7.58. The van der Waals surface area contributed by atoms with E-state index in [9.17, 15) is 14.4 Å². The Balaban J connectivity index is 1.46. The smallest absolute Gasteiger partial charge is 0.275 e. The molecule has 3 aliphatic heterocycles. The first-order valence-corrected chi connectivity index (χ1v) is 10.1. The second-order valence-electron chi connectivity index (χ2n) is 8.48. The van der Waals surface area contributed by atoms with Crippen molar-refractivity contribution >= 4 is 22.6 Å². The lowest BCUT2D eigenvalue weighted by Gasteiger charge is -2.29. The number of ether oxygens (including phenoxy) is 1. The minimum absolute atomic E-state index is 0.0476. The van der Waals surface area contributed by atoms with Crippen molar-refractivity contribution in [3.63, 3.8) is 0 Å². The summed E-state index contributed by atoms with van der Waals surface area (Å²) in [5, 5.41) is 8.29. The molecule has 0 unspecified atom stereocenters. The molecule has 4 heterocycles. The number of hydrogen-bond donors (Lipinski definition) is 1. The summed E-state index contributed by atoms with van der Waals surface area (Å²) in [6, 6.07) is 7.09. The molecule has 152 valence electrons. The van der Waals surface area contributed by atoms with Crippen molar-refractivity contribution in [2.75, 3.05) is 19.6 Å². The van der Waals surface area contributed by atoms with E-state index >= 15 is 0 Å². The van der Waals surface area contributed by atoms with Gasteiger partial charge in [0.2, 0.25) is 5.91 Å². The summed E-state index contributed by atoms with van der Waals surface area (Å²) in [5.41, 5.74) is -0.238. The van der Waals surface area contributed by atoms with Crippen LogP contribution in [0.25, 0.3) is 10.8 Å². The fourth-order valence-electron chi connectivity index (χ4n) is 5.49. The van der Waals surface area contributed by atoms with Gasteiger partial charge in [0.15, 0.2) is 5.69 Å². The number of fused-ring (bicyclic) bond motifs is 2. The van der Waals surface area contributed by atoms with Crippen LogP contribution < -0.4 is 10.9 Å². The lowest BCUT2D eigenvalue weighted by atomic mass is 9.73. The molecular weight excluding hydrogens is 372 g/mol. The highest BCUT2D eigenvalue weighted by molar-refractivity contribution is 6.04. The van der Waals surface area contributed by atoms with E-state index in [0.29, 0.717) is 36.1 Å². The monoisotopic (exact) mass is 396 g/mol. The normalized spacial score (nSPS) is 30.0. The number of benzene rings is 1. The van der Waals surface area contributed by atoms with Gasteiger partial charge in [-0.3, -0.25) is 14.4 Å². The third-order valence-electron chi connectivity index (χ3n) is 6.82. The van der Waals surface area contributed by atoms with Crippen molar-refractivity contribution in [1.29, 1.82) is 0 Å². The van der Waals surface area contributed by atoms with Gasteiger partial charge in [0.1, 0.15) is 0 Å². The highest BCUT2D eigenvalue weighted by atomic mass is 16.5. The van der Waals surface area contributed by atoms with Gasteiger partial charge in [-0.25, -0.2) is 4.68 Å². The highest BCUT2D eigenvalue weighted by Crippen LogP contribution is 2.54. The van der Waals surface area contributed by atoms with Gasteiger partial charge in [-0.15, -0.1) is 0 Å². The van der Waals surface area contributed by atoms with Gasteiger partial charge in [0, 0.05) is 44.3 Å². The average molecular weight is 396 g/mol. The predicted molar refractivity (Wildman–Crippen MR) is 105 cm³/mol. The van der Waals surface area contributed by atoms with Crippen molar-refractivity contribution in [1.82, 2.24) is 20.0 Å². The van der Waals surface area contributed by atoms with Crippen LogP contribution in [0.15, 0.2) is 29.1 Å². The quantitative estimate of drug-likeness (QED) is 0.824. The number of carbonyl (C=O) groups is 2. The van der Waals surface area contributed by atoms with E-state index in [1.54, 1.807) is 25.2 Å². The van der Waals surface area contributed by atoms with Gasteiger partial charge < -0.3 is 15.0 Å². The van der Waals surface area contributed by atoms with Gasteiger partial charge >= 0.3 is 0 Å². The van der Waals surface area contributed by atoms with Crippen molar-refractivity contribution < 1.29 is 14.3 Å².